The topological polar surface area (TPSA) is 69.1 Å². The van der Waals surface area contributed by atoms with E-state index in [1.165, 1.54) is 0 Å². The number of rotatable bonds is 5. The van der Waals surface area contributed by atoms with Crippen LogP contribution in [-0.2, 0) is 11.3 Å². The van der Waals surface area contributed by atoms with Crippen molar-refractivity contribution in [3.8, 4) is 0 Å². The third kappa shape index (κ3) is 4.34. The van der Waals surface area contributed by atoms with Gasteiger partial charge in [-0.05, 0) is 35.4 Å². The molecule has 0 aliphatic rings. The van der Waals surface area contributed by atoms with E-state index in [4.69, 9.17) is 5.53 Å². The van der Waals surface area contributed by atoms with Crippen molar-refractivity contribution in [2.75, 3.05) is 11.4 Å². The summed E-state index contributed by atoms with van der Waals surface area (Å²) in [5.74, 6) is -0.237. The standard InChI is InChI=1S/C15H13BrN4O/c16-13-6-8-14(9-7-13)20(15(21)10-18-19-17)11-12-4-2-1-3-5-12/h1-9H,10-11H2. The highest BCUT2D eigenvalue weighted by Gasteiger charge is 2.15. The van der Waals surface area contributed by atoms with Crippen LogP contribution in [0, 0.1) is 0 Å². The van der Waals surface area contributed by atoms with Gasteiger partial charge in [0.25, 0.3) is 0 Å². The van der Waals surface area contributed by atoms with E-state index in [1.807, 2.05) is 54.6 Å². The van der Waals surface area contributed by atoms with Crippen LogP contribution in [0.15, 0.2) is 64.2 Å². The molecule has 21 heavy (non-hydrogen) atoms. The number of nitrogens with zero attached hydrogens (tertiary/aromatic N) is 4. The van der Waals surface area contributed by atoms with Crippen molar-refractivity contribution in [2.24, 2.45) is 5.11 Å². The smallest absolute Gasteiger partial charge is 0.233 e. The second-order valence-electron chi connectivity index (χ2n) is 4.33. The number of carbonyl (C=O) groups is 1. The maximum atomic E-state index is 12.2. The summed E-state index contributed by atoms with van der Waals surface area (Å²) in [7, 11) is 0. The van der Waals surface area contributed by atoms with Gasteiger partial charge in [0.05, 0.1) is 6.54 Å². The summed E-state index contributed by atoms with van der Waals surface area (Å²) in [5, 5.41) is 3.36. The van der Waals surface area contributed by atoms with Crippen molar-refractivity contribution in [3.05, 3.63) is 75.1 Å². The van der Waals surface area contributed by atoms with Gasteiger partial charge in [0, 0.05) is 15.1 Å². The number of hydrogen-bond acceptors (Lipinski definition) is 2. The van der Waals surface area contributed by atoms with Gasteiger partial charge in [-0.1, -0.05) is 51.4 Å². The zero-order valence-electron chi connectivity index (χ0n) is 11.2. The number of amides is 1. The first-order valence-corrected chi connectivity index (χ1v) is 7.10. The maximum Gasteiger partial charge on any atom is 0.233 e. The second-order valence-corrected chi connectivity index (χ2v) is 5.25. The fourth-order valence-corrected chi connectivity index (χ4v) is 2.15. The molecule has 0 atom stereocenters. The number of carbonyl (C=O) groups excluding carboxylic acids is 1. The van der Waals surface area contributed by atoms with E-state index in [9.17, 15) is 4.79 Å². The minimum atomic E-state index is -0.237. The third-order valence-electron chi connectivity index (χ3n) is 2.89. The first kappa shape index (κ1) is 15.1. The Kier molecular flexibility index (Phi) is 5.37. The number of azide groups is 1. The lowest BCUT2D eigenvalue weighted by molar-refractivity contribution is -0.117. The average molecular weight is 345 g/mol. The molecule has 0 unspecified atom stereocenters. The number of hydrogen-bond donors (Lipinski definition) is 0. The van der Waals surface area contributed by atoms with E-state index < -0.39 is 0 Å². The number of halogens is 1. The molecule has 6 heteroatoms. The van der Waals surface area contributed by atoms with Crippen molar-refractivity contribution in [1.82, 2.24) is 0 Å². The molecule has 0 aliphatic carbocycles. The van der Waals surface area contributed by atoms with Crippen LogP contribution in [-0.4, -0.2) is 12.5 Å². The first-order chi connectivity index (χ1) is 10.2. The SMILES string of the molecule is [N-]=[N+]=NCC(=O)N(Cc1ccccc1)c1ccc(Br)cc1. The lowest BCUT2D eigenvalue weighted by Crippen LogP contribution is -2.32. The number of benzene rings is 2. The molecule has 2 rings (SSSR count). The Morgan fingerprint density at radius 1 is 1.14 bits per heavy atom. The molecule has 0 saturated carbocycles. The summed E-state index contributed by atoms with van der Waals surface area (Å²) in [6.45, 7) is 0.238. The highest BCUT2D eigenvalue weighted by Crippen LogP contribution is 2.20. The molecule has 0 bridgehead atoms. The van der Waals surface area contributed by atoms with Gasteiger partial charge in [0.1, 0.15) is 6.54 Å². The summed E-state index contributed by atoms with van der Waals surface area (Å²) >= 11 is 3.37. The Bertz CT molecular complexity index is 651. The van der Waals surface area contributed by atoms with E-state index in [0.717, 1.165) is 15.7 Å². The predicted octanol–water partition coefficient (Wildman–Crippen LogP) is 4.29. The molecule has 2 aromatic rings. The fraction of sp³-hybridized carbons (Fsp3) is 0.133. The Balaban J connectivity index is 2.27. The maximum absolute atomic E-state index is 12.2. The van der Waals surface area contributed by atoms with Gasteiger partial charge in [0.15, 0.2) is 0 Å². The van der Waals surface area contributed by atoms with Crippen LogP contribution in [0.25, 0.3) is 10.4 Å². The number of anilines is 1. The van der Waals surface area contributed by atoms with Crippen LogP contribution in [0.1, 0.15) is 5.56 Å². The quantitative estimate of drug-likeness (QED) is 0.453. The second kappa shape index (κ2) is 7.47. The Morgan fingerprint density at radius 3 is 2.43 bits per heavy atom. The molecular formula is C15H13BrN4O. The molecule has 0 aromatic heterocycles. The van der Waals surface area contributed by atoms with E-state index in [0.29, 0.717) is 6.54 Å². The Morgan fingerprint density at radius 2 is 1.81 bits per heavy atom. The minimum Gasteiger partial charge on any atom is -0.308 e. The minimum absolute atomic E-state index is 0.195. The molecule has 0 heterocycles. The zero-order chi connectivity index (χ0) is 15.1. The van der Waals surface area contributed by atoms with Gasteiger partial charge in [-0.25, -0.2) is 0 Å². The molecular weight excluding hydrogens is 332 g/mol. The van der Waals surface area contributed by atoms with Gasteiger partial charge in [0.2, 0.25) is 5.91 Å². The summed E-state index contributed by atoms with van der Waals surface area (Å²) in [6, 6.07) is 17.1. The van der Waals surface area contributed by atoms with Crippen LogP contribution in [0.4, 0.5) is 5.69 Å². The highest BCUT2D eigenvalue weighted by molar-refractivity contribution is 9.10. The van der Waals surface area contributed by atoms with Crippen LogP contribution >= 0.6 is 15.9 Å². The van der Waals surface area contributed by atoms with E-state index in [2.05, 4.69) is 26.0 Å². The van der Waals surface area contributed by atoms with Crippen molar-refractivity contribution >= 4 is 27.5 Å². The van der Waals surface area contributed by atoms with Crippen LogP contribution in [0.3, 0.4) is 0 Å². The molecule has 0 aliphatic heterocycles. The van der Waals surface area contributed by atoms with Gasteiger partial charge in [-0.3, -0.25) is 4.79 Å². The molecule has 5 nitrogen and oxygen atoms in total. The van der Waals surface area contributed by atoms with Gasteiger partial charge < -0.3 is 4.90 Å². The van der Waals surface area contributed by atoms with Crippen molar-refractivity contribution in [2.45, 2.75) is 6.54 Å². The molecule has 0 radical (unpaired) electrons. The first-order valence-electron chi connectivity index (χ1n) is 6.31. The third-order valence-corrected chi connectivity index (χ3v) is 3.42. The zero-order valence-corrected chi connectivity index (χ0v) is 12.8. The lowest BCUT2D eigenvalue weighted by atomic mass is 10.2. The molecule has 2 aromatic carbocycles. The molecule has 0 N–H and O–H groups in total. The molecule has 0 fully saturated rings. The van der Waals surface area contributed by atoms with Gasteiger partial charge in [-0.2, -0.15) is 0 Å². The van der Waals surface area contributed by atoms with E-state index >= 15 is 0 Å². The largest absolute Gasteiger partial charge is 0.308 e. The fourth-order valence-electron chi connectivity index (χ4n) is 1.89. The van der Waals surface area contributed by atoms with Crippen LogP contribution in [0.2, 0.25) is 0 Å². The molecule has 0 spiro atoms. The summed E-state index contributed by atoms with van der Waals surface area (Å²) in [4.78, 5) is 16.5. The predicted molar refractivity (Wildman–Crippen MR) is 85.8 cm³/mol. The van der Waals surface area contributed by atoms with Crippen molar-refractivity contribution in [1.29, 1.82) is 0 Å². The van der Waals surface area contributed by atoms with Crippen LogP contribution < -0.4 is 4.90 Å². The summed E-state index contributed by atoms with van der Waals surface area (Å²) < 4.78 is 0.938. The van der Waals surface area contributed by atoms with Gasteiger partial charge >= 0.3 is 0 Å². The molecule has 106 valence electrons. The van der Waals surface area contributed by atoms with Gasteiger partial charge in [-0.15, -0.1) is 0 Å². The molecule has 0 saturated heterocycles. The lowest BCUT2D eigenvalue weighted by Gasteiger charge is -2.22. The van der Waals surface area contributed by atoms with E-state index in [-0.39, 0.29) is 12.5 Å². The van der Waals surface area contributed by atoms with Crippen molar-refractivity contribution < 1.29 is 4.79 Å². The van der Waals surface area contributed by atoms with Crippen molar-refractivity contribution in [3.63, 3.8) is 0 Å². The normalized spacial score (nSPS) is 9.76. The van der Waals surface area contributed by atoms with E-state index in [1.54, 1.807) is 4.90 Å². The Labute approximate surface area is 131 Å². The summed E-state index contributed by atoms with van der Waals surface area (Å²) in [6.07, 6.45) is 0. The van der Waals surface area contributed by atoms with Crippen LogP contribution in [0.5, 0.6) is 0 Å². The molecule has 1 amide bonds. The Hall–Kier alpha value is -2.30. The highest BCUT2D eigenvalue weighted by atomic mass is 79.9. The summed E-state index contributed by atoms with van der Waals surface area (Å²) in [5.41, 5.74) is 10.1. The monoisotopic (exact) mass is 344 g/mol. The average Bonchev–Trinajstić information content (AvgIpc) is 2.52.